The standard InChI is InChI=1S/C13H20N4/c1-11-3-4-12(16-15-11)17-8-2-5-13(10-17)6-7-14-9-13/h3-4,14H,2,5-10H2,1H3/t13-/m1/s1. The molecule has 1 atom stereocenters. The zero-order valence-corrected chi connectivity index (χ0v) is 10.4. The summed E-state index contributed by atoms with van der Waals surface area (Å²) in [7, 11) is 0. The van der Waals surface area contributed by atoms with Crippen molar-refractivity contribution in [3.05, 3.63) is 17.8 Å². The van der Waals surface area contributed by atoms with Gasteiger partial charge < -0.3 is 10.2 Å². The van der Waals surface area contributed by atoms with Crippen molar-refractivity contribution in [1.29, 1.82) is 0 Å². The predicted molar refractivity (Wildman–Crippen MR) is 68.1 cm³/mol. The minimum absolute atomic E-state index is 0.491. The minimum atomic E-state index is 0.491. The number of anilines is 1. The lowest BCUT2D eigenvalue weighted by molar-refractivity contribution is 0.260. The van der Waals surface area contributed by atoms with Gasteiger partial charge in [0.05, 0.1) is 5.69 Å². The molecule has 0 saturated carbocycles. The third kappa shape index (κ3) is 2.14. The van der Waals surface area contributed by atoms with Gasteiger partial charge in [0, 0.05) is 25.0 Å². The average Bonchev–Trinajstić information content (AvgIpc) is 2.78. The number of rotatable bonds is 1. The maximum Gasteiger partial charge on any atom is 0.151 e. The van der Waals surface area contributed by atoms with Gasteiger partial charge in [-0.3, -0.25) is 0 Å². The first-order valence-corrected chi connectivity index (χ1v) is 6.54. The molecule has 0 unspecified atom stereocenters. The van der Waals surface area contributed by atoms with E-state index in [1.165, 1.54) is 32.4 Å². The lowest BCUT2D eigenvalue weighted by atomic mass is 9.79. The molecule has 1 spiro atoms. The first kappa shape index (κ1) is 11.0. The van der Waals surface area contributed by atoms with E-state index in [-0.39, 0.29) is 0 Å². The van der Waals surface area contributed by atoms with Crippen LogP contribution in [0.25, 0.3) is 0 Å². The molecule has 3 rings (SSSR count). The molecule has 0 radical (unpaired) electrons. The zero-order valence-electron chi connectivity index (χ0n) is 10.4. The van der Waals surface area contributed by atoms with E-state index >= 15 is 0 Å². The van der Waals surface area contributed by atoms with E-state index in [9.17, 15) is 0 Å². The van der Waals surface area contributed by atoms with Crippen molar-refractivity contribution in [2.75, 3.05) is 31.1 Å². The molecule has 1 N–H and O–H groups in total. The fourth-order valence-corrected chi connectivity index (χ4v) is 3.11. The van der Waals surface area contributed by atoms with Crippen molar-refractivity contribution in [2.45, 2.75) is 26.2 Å². The molecule has 0 bridgehead atoms. The smallest absolute Gasteiger partial charge is 0.151 e. The second-order valence-corrected chi connectivity index (χ2v) is 5.48. The molecular weight excluding hydrogens is 212 g/mol. The summed E-state index contributed by atoms with van der Waals surface area (Å²) in [6.45, 7) is 6.59. The van der Waals surface area contributed by atoms with Crippen molar-refractivity contribution < 1.29 is 0 Å². The molecule has 3 heterocycles. The van der Waals surface area contributed by atoms with Crippen molar-refractivity contribution in [2.24, 2.45) is 5.41 Å². The fraction of sp³-hybridized carbons (Fsp3) is 0.692. The first-order chi connectivity index (χ1) is 8.27. The molecule has 2 aliphatic rings. The van der Waals surface area contributed by atoms with Crippen LogP contribution in [0.2, 0.25) is 0 Å². The van der Waals surface area contributed by atoms with Gasteiger partial charge in [-0.1, -0.05) is 0 Å². The van der Waals surface area contributed by atoms with E-state index in [1.807, 2.05) is 6.92 Å². The number of hydrogen-bond donors (Lipinski definition) is 1. The van der Waals surface area contributed by atoms with Crippen LogP contribution in [0.1, 0.15) is 25.0 Å². The first-order valence-electron chi connectivity index (χ1n) is 6.54. The SMILES string of the molecule is Cc1ccc(N2CCC[C@]3(CCNC3)C2)nn1. The molecule has 1 aromatic rings. The summed E-state index contributed by atoms with van der Waals surface area (Å²) in [4.78, 5) is 2.41. The van der Waals surface area contributed by atoms with E-state index in [0.29, 0.717) is 5.41 Å². The van der Waals surface area contributed by atoms with Crippen LogP contribution < -0.4 is 10.2 Å². The Morgan fingerprint density at radius 3 is 2.94 bits per heavy atom. The highest BCUT2D eigenvalue weighted by Crippen LogP contribution is 2.36. The van der Waals surface area contributed by atoms with Gasteiger partial charge in [0.2, 0.25) is 0 Å². The number of hydrogen-bond acceptors (Lipinski definition) is 4. The van der Waals surface area contributed by atoms with Crippen molar-refractivity contribution in [3.8, 4) is 0 Å². The van der Waals surface area contributed by atoms with Crippen LogP contribution in [0.5, 0.6) is 0 Å². The zero-order chi connectivity index (χ0) is 11.7. The number of nitrogens with zero attached hydrogens (tertiary/aromatic N) is 3. The molecule has 1 aromatic heterocycles. The van der Waals surface area contributed by atoms with Gasteiger partial charge >= 0.3 is 0 Å². The van der Waals surface area contributed by atoms with E-state index < -0.39 is 0 Å². The van der Waals surface area contributed by atoms with Crippen LogP contribution in [0.15, 0.2) is 12.1 Å². The molecule has 2 fully saturated rings. The summed E-state index contributed by atoms with van der Waals surface area (Å²) in [6, 6.07) is 4.15. The Morgan fingerprint density at radius 1 is 1.29 bits per heavy atom. The molecule has 0 aromatic carbocycles. The van der Waals surface area contributed by atoms with Crippen molar-refractivity contribution in [3.63, 3.8) is 0 Å². The minimum Gasteiger partial charge on any atom is -0.355 e. The van der Waals surface area contributed by atoms with Gasteiger partial charge in [-0.2, -0.15) is 5.10 Å². The Balaban J connectivity index is 1.77. The molecule has 4 heteroatoms. The summed E-state index contributed by atoms with van der Waals surface area (Å²) in [5.74, 6) is 1.04. The largest absolute Gasteiger partial charge is 0.355 e. The lowest BCUT2D eigenvalue weighted by Crippen LogP contribution is -2.44. The quantitative estimate of drug-likeness (QED) is 0.794. The third-order valence-electron chi connectivity index (χ3n) is 4.10. The average molecular weight is 232 g/mol. The number of aromatic nitrogens is 2. The van der Waals surface area contributed by atoms with Crippen molar-refractivity contribution in [1.82, 2.24) is 15.5 Å². The summed E-state index contributed by atoms with van der Waals surface area (Å²) >= 11 is 0. The molecule has 17 heavy (non-hydrogen) atoms. The lowest BCUT2D eigenvalue weighted by Gasteiger charge is -2.40. The second-order valence-electron chi connectivity index (χ2n) is 5.48. The van der Waals surface area contributed by atoms with Crippen LogP contribution in [0, 0.1) is 12.3 Å². The van der Waals surface area contributed by atoms with E-state index in [2.05, 4.69) is 32.5 Å². The summed E-state index contributed by atoms with van der Waals surface area (Å²) in [6.07, 6.45) is 3.94. The number of aryl methyl sites for hydroxylation is 1. The number of nitrogens with one attached hydrogen (secondary N) is 1. The van der Waals surface area contributed by atoms with Gasteiger partial charge in [-0.05, 0) is 44.9 Å². The van der Waals surface area contributed by atoms with E-state index in [4.69, 9.17) is 0 Å². The van der Waals surface area contributed by atoms with Crippen LogP contribution >= 0.6 is 0 Å². The summed E-state index contributed by atoms with van der Waals surface area (Å²) in [5.41, 5.74) is 1.48. The van der Waals surface area contributed by atoms with Gasteiger partial charge in [0.1, 0.15) is 0 Å². The highest BCUT2D eigenvalue weighted by Gasteiger charge is 2.38. The molecule has 0 amide bonds. The molecule has 92 valence electrons. The van der Waals surface area contributed by atoms with Crippen LogP contribution in [-0.4, -0.2) is 36.4 Å². The van der Waals surface area contributed by atoms with E-state index in [1.54, 1.807) is 0 Å². The summed E-state index contributed by atoms with van der Waals surface area (Å²) in [5, 5.41) is 12.0. The van der Waals surface area contributed by atoms with Crippen LogP contribution in [0.4, 0.5) is 5.82 Å². The van der Waals surface area contributed by atoms with Gasteiger partial charge in [0.25, 0.3) is 0 Å². The Bertz CT molecular complexity index is 381. The third-order valence-corrected chi connectivity index (χ3v) is 4.10. The van der Waals surface area contributed by atoms with Gasteiger partial charge in [-0.15, -0.1) is 5.10 Å². The molecule has 4 nitrogen and oxygen atoms in total. The molecule has 2 aliphatic heterocycles. The Kier molecular flexibility index (Phi) is 2.74. The maximum atomic E-state index is 4.31. The summed E-state index contributed by atoms with van der Waals surface area (Å²) < 4.78 is 0. The molecule has 0 aliphatic carbocycles. The Labute approximate surface area is 102 Å². The van der Waals surface area contributed by atoms with E-state index in [0.717, 1.165) is 24.6 Å². The molecule has 2 saturated heterocycles. The Morgan fingerprint density at radius 2 is 2.24 bits per heavy atom. The van der Waals surface area contributed by atoms with Gasteiger partial charge in [-0.25, -0.2) is 0 Å². The Hall–Kier alpha value is -1.16. The van der Waals surface area contributed by atoms with Crippen molar-refractivity contribution >= 4 is 5.82 Å². The van der Waals surface area contributed by atoms with Crippen LogP contribution in [-0.2, 0) is 0 Å². The maximum absolute atomic E-state index is 4.31. The topological polar surface area (TPSA) is 41.0 Å². The highest BCUT2D eigenvalue weighted by molar-refractivity contribution is 5.38. The highest BCUT2D eigenvalue weighted by atomic mass is 15.3. The number of piperidine rings is 1. The normalized spacial score (nSPS) is 28.9. The van der Waals surface area contributed by atoms with Crippen LogP contribution in [0.3, 0.4) is 0 Å². The monoisotopic (exact) mass is 232 g/mol. The predicted octanol–water partition coefficient (Wildman–Crippen LogP) is 1.36. The fourth-order valence-electron chi connectivity index (χ4n) is 3.11. The molecular formula is C13H20N4. The van der Waals surface area contributed by atoms with Gasteiger partial charge in [0.15, 0.2) is 5.82 Å². The second kappa shape index (κ2) is 4.26.